The third kappa shape index (κ3) is 7.87. The van der Waals surface area contributed by atoms with Crippen LogP contribution >= 0.6 is 23.2 Å². The molecule has 0 fully saturated rings. The molecular formula is C38H26Cl2N2O7. The monoisotopic (exact) mass is 692 g/mol. The van der Waals surface area contributed by atoms with Crippen molar-refractivity contribution in [1.82, 2.24) is 0 Å². The number of aromatic hydroxyl groups is 2. The topological polar surface area (TPSA) is 126 Å². The Hall–Kier alpha value is -6.16. The van der Waals surface area contributed by atoms with Gasteiger partial charge >= 0.3 is 12.2 Å². The molecule has 0 aliphatic rings. The molecule has 0 atom stereocenters. The molecule has 0 bridgehead atoms. The van der Waals surface area contributed by atoms with E-state index in [2.05, 4.69) is 10.6 Å². The van der Waals surface area contributed by atoms with Crippen molar-refractivity contribution < 1.29 is 34.0 Å². The normalized spacial score (nSPS) is 10.6. The first-order valence-corrected chi connectivity index (χ1v) is 15.5. The average molecular weight is 694 g/mol. The fourth-order valence-corrected chi connectivity index (χ4v) is 5.33. The van der Waals surface area contributed by atoms with E-state index in [1.807, 2.05) is 0 Å². The zero-order valence-electron chi connectivity index (χ0n) is 25.4. The second kappa shape index (κ2) is 14.7. The van der Waals surface area contributed by atoms with Crippen LogP contribution in [0.2, 0.25) is 10.0 Å². The Bertz CT molecular complexity index is 2020. The molecule has 11 heteroatoms. The lowest BCUT2D eigenvalue weighted by atomic mass is 10.0. The lowest BCUT2D eigenvalue weighted by Crippen LogP contribution is -2.18. The standard InChI is InChI=1S/C38H26Cl2N2O7/c39-23-9-5-11-25(21-23)41-37(45)48-35-29(27-13-1-3-17-31(27)43)15-7-19-33(35)47-34-20-8-16-30(28-14-2-4-18-32(28)44)36(34)49-38(46)42-26-12-6-10-24(40)22-26/h1-22,43-44H,(H,41,45)(H,42,46). The van der Waals surface area contributed by atoms with Crippen LogP contribution < -0.4 is 24.8 Å². The van der Waals surface area contributed by atoms with E-state index in [9.17, 15) is 19.8 Å². The van der Waals surface area contributed by atoms with Crippen molar-refractivity contribution in [1.29, 1.82) is 0 Å². The van der Waals surface area contributed by atoms with Crippen LogP contribution in [0.1, 0.15) is 0 Å². The highest BCUT2D eigenvalue weighted by Crippen LogP contribution is 2.47. The summed E-state index contributed by atoms with van der Waals surface area (Å²) in [7, 11) is 0. The molecule has 2 amide bonds. The lowest BCUT2D eigenvalue weighted by molar-refractivity contribution is 0.212. The molecule has 6 aromatic carbocycles. The minimum atomic E-state index is -0.865. The number of benzene rings is 6. The van der Waals surface area contributed by atoms with Gasteiger partial charge in [-0.2, -0.15) is 0 Å². The van der Waals surface area contributed by atoms with Crippen molar-refractivity contribution in [3.63, 3.8) is 0 Å². The smallest absolute Gasteiger partial charge is 0.417 e. The van der Waals surface area contributed by atoms with Gasteiger partial charge in [0.1, 0.15) is 11.5 Å². The minimum absolute atomic E-state index is 0.0385. The van der Waals surface area contributed by atoms with Crippen molar-refractivity contribution in [2.24, 2.45) is 0 Å². The predicted octanol–water partition coefficient (Wildman–Crippen LogP) is 10.8. The quantitative estimate of drug-likeness (QED) is 0.125. The van der Waals surface area contributed by atoms with E-state index in [1.165, 1.54) is 12.1 Å². The zero-order valence-corrected chi connectivity index (χ0v) is 26.9. The van der Waals surface area contributed by atoms with Gasteiger partial charge in [0.2, 0.25) is 0 Å². The Balaban J connectivity index is 1.43. The van der Waals surface area contributed by atoms with Gasteiger partial charge in [0.05, 0.1) is 0 Å². The molecule has 0 saturated carbocycles. The first-order chi connectivity index (χ1) is 23.7. The predicted molar refractivity (Wildman–Crippen MR) is 189 cm³/mol. The van der Waals surface area contributed by atoms with Gasteiger partial charge < -0.3 is 24.4 Å². The molecule has 0 heterocycles. The summed E-state index contributed by atoms with van der Waals surface area (Å²) in [6, 6.07) is 35.8. The molecule has 0 unspecified atom stereocenters. The van der Waals surface area contributed by atoms with Crippen LogP contribution in [0.5, 0.6) is 34.5 Å². The molecule has 244 valence electrons. The maximum Gasteiger partial charge on any atom is 0.417 e. The van der Waals surface area contributed by atoms with Gasteiger partial charge in [-0.05, 0) is 60.7 Å². The molecule has 4 N–H and O–H groups in total. The van der Waals surface area contributed by atoms with Crippen molar-refractivity contribution >= 4 is 46.8 Å². The van der Waals surface area contributed by atoms with Gasteiger partial charge in [-0.15, -0.1) is 0 Å². The van der Waals surface area contributed by atoms with Crippen molar-refractivity contribution in [2.75, 3.05) is 10.6 Å². The van der Waals surface area contributed by atoms with E-state index < -0.39 is 12.2 Å². The van der Waals surface area contributed by atoms with Crippen LogP contribution in [0.25, 0.3) is 22.3 Å². The second-order valence-electron chi connectivity index (χ2n) is 10.5. The summed E-state index contributed by atoms with van der Waals surface area (Å²) >= 11 is 12.2. The fourth-order valence-electron chi connectivity index (χ4n) is 4.95. The van der Waals surface area contributed by atoms with E-state index in [0.29, 0.717) is 43.7 Å². The number of carbonyl (C=O) groups is 2. The summed E-state index contributed by atoms with van der Waals surface area (Å²) in [6.07, 6.45) is -1.73. The van der Waals surface area contributed by atoms with Crippen LogP contribution in [0.4, 0.5) is 21.0 Å². The number of carbonyl (C=O) groups excluding carboxylic acids is 2. The Kier molecular flexibility index (Phi) is 9.85. The zero-order chi connectivity index (χ0) is 34.3. The third-order valence-corrected chi connectivity index (χ3v) is 7.57. The van der Waals surface area contributed by atoms with Crippen LogP contribution in [0.15, 0.2) is 133 Å². The molecule has 0 saturated heterocycles. The van der Waals surface area contributed by atoms with E-state index in [-0.39, 0.29) is 34.5 Å². The average Bonchev–Trinajstić information content (AvgIpc) is 3.07. The minimum Gasteiger partial charge on any atom is -0.507 e. The van der Waals surface area contributed by atoms with Gasteiger partial charge in [0, 0.05) is 43.7 Å². The summed E-state index contributed by atoms with van der Waals surface area (Å²) in [4.78, 5) is 26.5. The second-order valence-corrected chi connectivity index (χ2v) is 11.3. The number of halogens is 2. The number of nitrogens with one attached hydrogen (secondary N) is 2. The number of ether oxygens (including phenoxy) is 3. The highest BCUT2D eigenvalue weighted by molar-refractivity contribution is 6.31. The molecule has 0 aliphatic carbocycles. The Morgan fingerprint density at radius 3 is 1.29 bits per heavy atom. The van der Waals surface area contributed by atoms with Gasteiger partial charge in [-0.25, -0.2) is 9.59 Å². The van der Waals surface area contributed by atoms with Crippen LogP contribution in [0.3, 0.4) is 0 Å². The fraction of sp³-hybridized carbons (Fsp3) is 0. The van der Waals surface area contributed by atoms with Crippen molar-refractivity contribution in [2.45, 2.75) is 0 Å². The molecule has 6 aromatic rings. The Morgan fingerprint density at radius 2 is 0.878 bits per heavy atom. The summed E-state index contributed by atoms with van der Waals surface area (Å²) in [5, 5.41) is 27.6. The van der Waals surface area contributed by atoms with Crippen molar-refractivity contribution in [3.8, 4) is 56.8 Å². The number of amides is 2. The maximum atomic E-state index is 13.2. The van der Waals surface area contributed by atoms with Crippen LogP contribution in [0, 0.1) is 0 Å². The first-order valence-electron chi connectivity index (χ1n) is 14.7. The number of phenols is 2. The van der Waals surface area contributed by atoms with Gasteiger partial charge in [0.15, 0.2) is 23.0 Å². The molecule has 0 spiro atoms. The molecule has 49 heavy (non-hydrogen) atoms. The molecule has 0 radical (unpaired) electrons. The number of hydrogen-bond acceptors (Lipinski definition) is 7. The third-order valence-electron chi connectivity index (χ3n) is 7.10. The highest BCUT2D eigenvalue weighted by atomic mass is 35.5. The lowest BCUT2D eigenvalue weighted by Gasteiger charge is -2.19. The molecule has 6 rings (SSSR count). The van der Waals surface area contributed by atoms with E-state index in [0.717, 1.165) is 0 Å². The summed E-state index contributed by atoms with van der Waals surface area (Å²) in [5.74, 6) is -0.157. The Morgan fingerprint density at radius 1 is 0.490 bits per heavy atom. The summed E-state index contributed by atoms with van der Waals surface area (Å²) < 4.78 is 18.1. The van der Waals surface area contributed by atoms with E-state index in [1.54, 1.807) is 121 Å². The van der Waals surface area contributed by atoms with Gasteiger partial charge in [0.25, 0.3) is 0 Å². The summed E-state index contributed by atoms with van der Waals surface area (Å²) in [6.45, 7) is 0. The van der Waals surface area contributed by atoms with E-state index in [4.69, 9.17) is 37.4 Å². The van der Waals surface area contributed by atoms with Crippen LogP contribution in [-0.2, 0) is 0 Å². The largest absolute Gasteiger partial charge is 0.507 e. The van der Waals surface area contributed by atoms with Gasteiger partial charge in [-0.3, -0.25) is 10.6 Å². The number of rotatable bonds is 8. The number of phenolic OH excluding ortho intramolecular Hbond substituents is 2. The van der Waals surface area contributed by atoms with Gasteiger partial charge in [-0.1, -0.05) is 96.0 Å². The van der Waals surface area contributed by atoms with E-state index >= 15 is 0 Å². The highest BCUT2D eigenvalue weighted by Gasteiger charge is 2.24. The molecule has 0 aromatic heterocycles. The SMILES string of the molecule is O=C(Nc1cccc(Cl)c1)Oc1c(Oc2cccc(-c3ccccc3O)c2OC(=O)Nc2cccc(Cl)c2)cccc1-c1ccccc1O. The first kappa shape index (κ1) is 32.8. The number of hydrogen-bond donors (Lipinski definition) is 4. The molecular weight excluding hydrogens is 667 g/mol. The van der Waals surface area contributed by atoms with Crippen LogP contribution in [-0.4, -0.2) is 22.4 Å². The Labute approximate surface area is 290 Å². The summed E-state index contributed by atoms with van der Waals surface area (Å²) in [5.41, 5.74) is 2.15. The maximum absolute atomic E-state index is 13.2. The number of anilines is 2. The number of para-hydroxylation sites is 4. The molecule has 0 aliphatic heterocycles. The molecule has 9 nitrogen and oxygen atoms in total. The van der Waals surface area contributed by atoms with Crippen molar-refractivity contribution in [3.05, 3.63) is 144 Å².